The highest BCUT2D eigenvalue weighted by Gasteiger charge is 2.29. The number of hydrogen-bond donors (Lipinski definition) is 3. The fourth-order valence-electron chi connectivity index (χ4n) is 1.10. The minimum absolute atomic E-state index is 0.364. The standard InChI is InChI=1S/C11H15N3O4/c1-11(18,10(16)17)7-12-9(15)4-3-8-5-6-13-14(8)2/h3-6,18H,7H2,1-2H3,(H,12,15)(H,16,17). The van der Waals surface area contributed by atoms with Crippen molar-refractivity contribution in [1.82, 2.24) is 15.1 Å². The normalized spacial score (nSPS) is 14.4. The molecule has 98 valence electrons. The fraction of sp³-hybridized carbons (Fsp3) is 0.364. The van der Waals surface area contributed by atoms with E-state index in [0.29, 0.717) is 0 Å². The maximum Gasteiger partial charge on any atom is 0.337 e. The SMILES string of the molecule is Cn1nccc1C=CC(=O)NCC(C)(O)C(=O)O. The van der Waals surface area contributed by atoms with E-state index < -0.39 is 17.5 Å². The van der Waals surface area contributed by atoms with Crippen LogP contribution in [-0.2, 0) is 16.6 Å². The molecular weight excluding hydrogens is 238 g/mol. The summed E-state index contributed by atoms with van der Waals surface area (Å²) in [5, 5.41) is 24.2. The quantitative estimate of drug-likeness (QED) is 0.607. The van der Waals surface area contributed by atoms with Crippen LogP contribution in [0.1, 0.15) is 12.6 Å². The van der Waals surface area contributed by atoms with Gasteiger partial charge in [0.2, 0.25) is 5.91 Å². The molecule has 18 heavy (non-hydrogen) atoms. The van der Waals surface area contributed by atoms with Gasteiger partial charge in [0.25, 0.3) is 0 Å². The van der Waals surface area contributed by atoms with E-state index in [9.17, 15) is 14.7 Å². The number of carboxylic acid groups (broad SMARTS) is 1. The van der Waals surface area contributed by atoms with Crippen molar-refractivity contribution < 1.29 is 19.8 Å². The van der Waals surface area contributed by atoms with Gasteiger partial charge in [-0.15, -0.1) is 0 Å². The Morgan fingerprint density at radius 2 is 2.28 bits per heavy atom. The van der Waals surface area contributed by atoms with Crippen molar-refractivity contribution in [3.05, 3.63) is 24.0 Å². The summed E-state index contributed by atoms with van der Waals surface area (Å²) in [6.07, 6.45) is 4.37. The summed E-state index contributed by atoms with van der Waals surface area (Å²) < 4.78 is 1.58. The molecule has 0 aliphatic rings. The molecule has 0 saturated carbocycles. The molecule has 7 heteroatoms. The van der Waals surface area contributed by atoms with Crippen LogP contribution in [0, 0.1) is 0 Å². The smallest absolute Gasteiger partial charge is 0.337 e. The molecule has 0 fully saturated rings. The predicted octanol–water partition coefficient (Wildman–Crippen LogP) is -0.615. The van der Waals surface area contributed by atoms with Gasteiger partial charge in [-0.25, -0.2) is 4.79 Å². The monoisotopic (exact) mass is 253 g/mol. The minimum Gasteiger partial charge on any atom is -0.479 e. The Kier molecular flexibility index (Phi) is 4.22. The molecule has 3 N–H and O–H groups in total. The number of nitrogens with zero attached hydrogens (tertiary/aromatic N) is 2. The summed E-state index contributed by atoms with van der Waals surface area (Å²) in [7, 11) is 1.73. The molecule has 1 aromatic heterocycles. The van der Waals surface area contributed by atoms with Gasteiger partial charge < -0.3 is 15.5 Å². The van der Waals surface area contributed by atoms with Gasteiger partial charge in [-0.1, -0.05) is 0 Å². The molecule has 0 saturated heterocycles. The van der Waals surface area contributed by atoms with Crippen LogP contribution in [0.2, 0.25) is 0 Å². The van der Waals surface area contributed by atoms with E-state index in [1.54, 1.807) is 24.0 Å². The van der Waals surface area contributed by atoms with Crippen LogP contribution in [0.3, 0.4) is 0 Å². The average Bonchev–Trinajstić information content (AvgIpc) is 2.69. The molecular formula is C11H15N3O4. The van der Waals surface area contributed by atoms with E-state index >= 15 is 0 Å². The van der Waals surface area contributed by atoms with Crippen molar-refractivity contribution in [3.63, 3.8) is 0 Å². The maximum atomic E-state index is 11.4. The second-order valence-electron chi connectivity index (χ2n) is 4.01. The van der Waals surface area contributed by atoms with Gasteiger partial charge in [-0.2, -0.15) is 5.10 Å². The van der Waals surface area contributed by atoms with E-state index in [0.717, 1.165) is 12.6 Å². The topological polar surface area (TPSA) is 104 Å². The summed E-state index contributed by atoms with van der Waals surface area (Å²) in [4.78, 5) is 22.0. The van der Waals surface area contributed by atoms with Gasteiger partial charge in [0, 0.05) is 19.3 Å². The first kappa shape index (κ1) is 13.9. The Bertz CT molecular complexity index is 476. The second-order valence-corrected chi connectivity index (χ2v) is 4.01. The lowest BCUT2D eigenvalue weighted by Gasteiger charge is -2.17. The third-order valence-electron chi connectivity index (χ3n) is 2.33. The van der Waals surface area contributed by atoms with Crippen molar-refractivity contribution in [2.75, 3.05) is 6.54 Å². The van der Waals surface area contributed by atoms with Crippen molar-refractivity contribution >= 4 is 18.0 Å². The Labute approximate surface area is 104 Å². The van der Waals surface area contributed by atoms with Gasteiger partial charge in [-0.3, -0.25) is 9.48 Å². The number of aliphatic hydroxyl groups is 1. The average molecular weight is 253 g/mol. The Morgan fingerprint density at radius 3 is 2.78 bits per heavy atom. The fourth-order valence-corrected chi connectivity index (χ4v) is 1.10. The van der Waals surface area contributed by atoms with Crippen LogP contribution >= 0.6 is 0 Å². The molecule has 0 aliphatic carbocycles. The zero-order chi connectivity index (χ0) is 13.8. The van der Waals surface area contributed by atoms with Gasteiger partial charge >= 0.3 is 5.97 Å². The number of aromatic nitrogens is 2. The van der Waals surface area contributed by atoms with Gasteiger partial charge in [-0.05, 0) is 19.1 Å². The van der Waals surface area contributed by atoms with Crippen LogP contribution in [0.4, 0.5) is 0 Å². The number of rotatable bonds is 5. The zero-order valence-corrected chi connectivity index (χ0v) is 10.1. The highest BCUT2D eigenvalue weighted by Crippen LogP contribution is 2.01. The highest BCUT2D eigenvalue weighted by atomic mass is 16.4. The van der Waals surface area contributed by atoms with Crippen molar-refractivity contribution in [3.8, 4) is 0 Å². The molecule has 7 nitrogen and oxygen atoms in total. The Morgan fingerprint density at radius 1 is 1.61 bits per heavy atom. The molecule has 1 aromatic rings. The van der Waals surface area contributed by atoms with Crippen molar-refractivity contribution in [1.29, 1.82) is 0 Å². The van der Waals surface area contributed by atoms with Gasteiger partial charge in [0.1, 0.15) is 0 Å². The van der Waals surface area contributed by atoms with E-state index in [4.69, 9.17) is 5.11 Å². The van der Waals surface area contributed by atoms with E-state index in [-0.39, 0.29) is 6.54 Å². The summed E-state index contributed by atoms with van der Waals surface area (Å²) in [5.41, 5.74) is -1.24. The van der Waals surface area contributed by atoms with E-state index in [2.05, 4.69) is 10.4 Å². The van der Waals surface area contributed by atoms with Crippen LogP contribution in [0.5, 0.6) is 0 Å². The third kappa shape index (κ3) is 3.70. The third-order valence-corrected chi connectivity index (χ3v) is 2.33. The highest BCUT2D eigenvalue weighted by molar-refractivity contribution is 5.92. The van der Waals surface area contributed by atoms with Crippen molar-refractivity contribution in [2.45, 2.75) is 12.5 Å². The maximum absolute atomic E-state index is 11.4. The number of aliphatic carboxylic acids is 1. The lowest BCUT2D eigenvalue weighted by atomic mass is 10.1. The number of carbonyl (C=O) groups is 2. The molecule has 0 radical (unpaired) electrons. The number of hydrogen-bond acceptors (Lipinski definition) is 4. The molecule has 0 spiro atoms. The molecule has 1 rings (SSSR count). The first-order valence-electron chi connectivity index (χ1n) is 5.22. The molecule has 1 amide bonds. The van der Waals surface area contributed by atoms with Crippen LogP contribution in [0.15, 0.2) is 18.3 Å². The van der Waals surface area contributed by atoms with Crippen molar-refractivity contribution in [2.24, 2.45) is 7.05 Å². The Balaban J connectivity index is 2.51. The lowest BCUT2D eigenvalue weighted by Crippen LogP contribution is -2.46. The lowest BCUT2D eigenvalue weighted by molar-refractivity contribution is -0.156. The number of carboxylic acids is 1. The molecule has 0 bridgehead atoms. The van der Waals surface area contributed by atoms with Gasteiger partial charge in [0.15, 0.2) is 5.60 Å². The summed E-state index contributed by atoms with van der Waals surface area (Å²) in [6.45, 7) is 0.747. The first-order chi connectivity index (χ1) is 8.33. The molecule has 1 heterocycles. The molecule has 1 atom stereocenters. The van der Waals surface area contributed by atoms with Crippen LogP contribution < -0.4 is 5.32 Å². The zero-order valence-electron chi connectivity index (χ0n) is 10.1. The predicted molar refractivity (Wildman–Crippen MR) is 63.5 cm³/mol. The number of nitrogens with one attached hydrogen (secondary N) is 1. The van der Waals surface area contributed by atoms with Crippen LogP contribution in [-0.4, -0.2) is 44.0 Å². The number of aryl methyl sites for hydroxylation is 1. The summed E-state index contributed by atoms with van der Waals surface area (Å²) in [5.74, 6) is -1.88. The second kappa shape index (κ2) is 5.46. The summed E-state index contributed by atoms with van der Waals surface area (Å²) in [6, 6.07) is 1.72. The van der Waals surface area contributed by atoms with Crippen LogP contribution in [0.25, 0.3) is 6.08 Å². The molecule has 0 aromatic carbocycles. The molecule has 1 unspecified atom stereocenters. The largest absolute Gasteiger partial charge is 0.479 e. The number of amides is 1. The first-order valence-corrected chi connectivity index (χ1v) is 5.22. The summed E-state index contributed by atoms with van der Waals surface area (Å²) >= 11 is 0. The van der Waals surface area contributed by atoms with E-state index in [1.165, 1.54) is 12.2 Å². The van der Waals surface area contributed by atoms with Gasteiger partial charge in [0.05, 0.1) is 12.2 Å². The minimum atomic E-state index is -1.98. The Hall–Kier alpha value is -2.15. The van der Waals surface area contributed by atoms with E-state index in [1.807, 2.05) is 0 Å². The molecule has 0 aliphatic heterocycles. The number of carbonyl (C=O) groups excluding carboxylic acids is 1.